The van der Waals surface area contributed by atoms with E-state index in [0.717, 1.165) is 64.2 Å². The minimum atomic E-state index is -0.806. The van der Waals surface area contributed by atoms with E-state index in [1.54, 1.807) is 0 Å². The Hall–Kier alpha value is -2.18. The Labute approximate surface area is 251 Å². The van der Waals surface area contributed by atoms with Crippen LogP contribution < -0.4 is 0 Å². The molecular formula is C35H60O6. The van der Waals surface area contributed by atoms with Gasteiger partial charge in [0.1, 0.15) is 6.61 Å². The fourth-order valence-corrected chi connectivity index (χ4v) is 4.21. The molecule has 2 atom stereocenters. The first kappa shape index (κ1) is 38.8. The fourth-order valence-electron chi connectivity index (χ4n) is 4.21. The van der Waals surface area contributed by atoms with Gasteiger partial charge in [-0.1, -0.05) is 120 Å². The van der Waals surface area contributed by atoms with Crippen LogP contribution in [0.1, 0.15) is 136 Å². The van der Waals surface area contributed by atoms with Crippen molar-refractivity contribution >= 4 is 11.9 Å². The van der Waals surface area contributed by atoms with Crippen LogP contribution in [0.15, 0.2) is 48.6 Å². The molecule has 236 valence electrons. The van der Waals surface area contributed by atoms with E-state index in [2.05, 4.69) is 56.4 Å². The summed E-state index contributed by atoms with van der Waals surface area (Å²) in [6.45, 7) is 3.84. The van der Waals surface area contributed by atoms with Crippen molar-refractivity contribution in [2.45, 2.75) is 148 Å². The van der Waals surface area contributed by atoms with Crippen molar-refractivity contribution < 1.29 is 29.3 Å². The first-order valence-electron chi connectivity index (χ1n) is 16.3. The topological polar surface area (TPSA) is 93.1 Å². The monoisotopic (exact) mass is 576 g/mol. The van der Waals surface area contributed by atoms with Gasteiger partial charge in [0, 0.05) is 12.8 Å². The minimum Gasteiger partial charge on any atom is -0.462 e. The average Bonchev–Trinajstić information content (AvgIpc) is 2.96. The molecule has 0 spiro atoms. The predicted octanol–water partition coefficient (Wildman–Crippen LogP) is 8.47. The molecule has 0 saturated carbocycles. The largest absolute Gasteiger partial charge is 0.462 e. The van der Waals surface area contributed by atoms with E-state index < -0.39 is 6.10 Å². The highest BCUT2D eigenvalue weighted by molar-refractivity contribution is 5.70. The summed E-state index contributed by atoms with van der Waals surface area (Å²) in [4.78, 5) is 24.0. The molecule has 0 saturated heterocycles. The summed E-state index contributed by atoms with van der Waals surface area (Å²) < 4.78 is 10.5. The van der Waals surface area contributed by atoms with Gasteiger partial charge in [0.2, 0.25) is 0 Å². The quantitative estimate of drug-likeness (QED) is 0.0551. The van der Waals surface area contributed by atoms with Crippen molar-refractivity contribution in [1.82, 2.24) is 0 Å². The number of carbonyl (C=O) groups excluding carboxylic acids is 2. The molecule has 0 fully saturated rings. The molecule has 0 aliphatic rings. The van der Waals surface area contributed by atoms with E-state index in [4.69, 9.17) is 9.47 Å². The van der Waals surface area contributed by atoms with Crippen LogP contribution in [0.2, 0.25) is 0 Å². The zero-order valence-corrected chi connectivity index (χ0v) is 26.2. The maximum absolute atomic E-state index is 12.1. The molecule has 0 aromatic carbocycles. The molecular weight excluding hydrogens is 516 g/mol. The molecule has 2 N–H and O–H groups in total. The molecule has 0 aliphatic carbocycles. The number of carbonyl (C=O) groups is 2. The second-order valence-electron chi connectivity index (χ2n) is 10.7. The third-order valence-electron chi connectivity index (χ3n) is 6.68. The van der Waals surface area contributed by atoms with Crippen LogP contribution in [0.3, 0.4) is 0 Å². The highest BCUT2D eigenvalue weighted by Crippen LogP contribution is 2.11. The fraction of sp³-hybridized carbons (Fsp3) is 0.714. The summed E-state index contributed by atoms with van der Waals surface area (Å²) in [7, 11) is 0. The van der Waals surface area contributed by atoms with Crippen molar-refractivity contribution in [3.8, 4) is 0 Å². The second-order valence-corrected chi connectivity index (χ2v) is 10.7. The van der Waals surface area contributed by atoms with E-state index in [0.29, 0.717) is 12.8 Å². The summed E-state index contributed by atoms with van der Waals surface area (Å²) in [5, 5.41) is 19.1. The van der Waals surface area contributed by atoms with Crippen molar-refractivity contribution in [3.05, 3.63) is 48.6 Å². The summed E-state index contributed by atoms with van der Waals surface area (Å²) in [6, 6.07) is 0. The van der Waals surface area contributed by atoms with Gasteiger partial charge in [-0.25, -0.2) is 0 Å². The van der Waals surface area contributed by atoms with Gasteiger partial charge >= 0.3 is 11.9 Å². The van der Waals surface area contributed by atoms with Crippen LogP contribution in [0.25, 0.3) is 0 Å². The third-order valence-corrected chi connectivity index (χ3v) is 6.68. The normalized spacial score (nSPS) is 13.6. The van der Waals surface area contributed by atoms with Gasteiger partial charge in [-0.05, 0) is 51.4 Å². The number of ether oxygens (including phenoxy) is 2. The Kier molecular flexibility index (Phi) is 29.1. The average molecular weight is 577 g/mol. The molecule has 0 aromatic rings. The van der Waals surface area contributed by atoms with Gasteiger partial charge < -0.3 is 19.7 Å². The standard InChI is InChI=1S/C35H60O6/c1-3-5-6-7-8-14-18-21-24-28-34(38)40-31-33(30-36)41-35(39)29-25-22-19-16-13-11-9-10-12-15-17-20-23-27-32(37)26-4-2/h9,11-12,15-16,19-20,23,32-33,36-37H,3-8,10,13-14,17-18,21-22,24-31H2,1-2H3/b11-9-,15-12-,19-16-,23-20-/t32?,33-/m0/s1. The van der Waals surface area contributed by atoms with E-state index in [1.807, 2.05) is 6.08 Å². The first-order chi connectivity index (χ1) is 20.0. The molecule has 0 bridgehead atoms. The van der Waals surface area contributed by atoms with Gasteiger partial charge in [-0.15, -0.1) is 0 Å². The maximum Gasteiger partial charge on any atom is 0.306 e. The Bertz CT molecular complexity index is 724. The maximum atomic E-state index is 12.1. The van der Waals surface area contributed by atoms with Crippen LogP contribution in [0, 0.1) is 0 Å². The number of hydrogen-bond acceptors (Lipinski definition) is 6. The molecule has 6 nitrogen and oxygen atoms in total. The van der Waals surface area contributed by atoms with E-state index in [1.165, 1.54) is 38.5 Å². The lowest BCUT2D eigenvalue weighted by Crippen LogP contribution is -2.28. The SMILES string of the molecule is CCCCCCCCCCCC(=O)OC[C@H](CO)OC(=O)CCC/C=C\C/C=C\C/C=C\C/C=C\CC(O)CCC. The predicted molar refractivity (Wildman–Crippen MR) is 170 cm³/mol. The number of hydrogen-bond donors (Lipinski definition) is 2. The number of unbranched alkanes of at least 4 members (excludes halogenated alkanes) is 9. The van der Waals surface area contributed by atoms with Gasteiger partial charge in [0.05, 0.1) is 12.7 Å². The molecule has 0 aromatic heterocycles. The van der Waals surface area contributed by atoms with E-state index >= 15 is 0 Å². The molecule has 1 unspecified atom stereocenters. The lowest BCUT2D eigenvalue weighted by Gasteiger charge is -2.15. The number of allylic oxidation sites excluding steroid dienone is 7. The lowest BCUT2D eigenvalue weighted by molar-refractivity contribution is -0.161. The third kappa shape index (κ3) is 29.1. The molecule has 6 heteroatoms. The Morgan fingerprint density at radius 2 is 1.20 bits per heavy atom. The van der Waals surface area contributed by atoms with Crippen LogP contribution >= 0.6 is 0 Å². The smallest absolute Gasteiger partial charge is 0.306 e. The molecule has 0 radical (unpaired) electrons. The van der Waals surface area contributed by atoms with Gasteiger partial charge in [-0.2, -0.15) is 0 Å². The van der Waals surface area contributed by atoms with E-state index in [9.17, 15) is 19.8 Å². The van der Waals surface area contributed by atoms with Crippen molar-refractivity contribution in [2.75, 3.05) is 13.2 Å². The molecule has 0 heterocycles. The van der Waals surface area contributed by atoms with Crippen molar-refractivity contribution in [1.29, 1.82) is 0 Å². The van der Waals surface area contributed by atoms with Crippen LogP contribution in [0.4, 0.5) is 0 Å². The number of aliphatic hydroxyl groups is 2. The first-order valence-corrected chi connectivity index (χ1v) is 16.3. The second kappa shape index (κ2) is 30.8. The van der Waals surface area contributed by atoms with Gasteiger partial charge in [0.15, 0.2) is 6.10 Å². The van der Waals surface area contributed by atoms with Crippen LogP contribution in [0.5, 0.6) is 0 Å². The summed E-state index contributed by atoms with van der Waals surface area (Å²) in [5.41, 5.74) is 0. The van der Waals surface area contributed by atoms with Crippen molar-refractivity contribution in [2.24, 2.45) is 0 Å². The van der Waals surface area contributed by atoms with Gasteiger partial charge in [0.25, 0.3) is 0 Å². The summed E-state index contributed by atoms with van der Waals surface area (Å²) in [6.07, 6.45) is 33.8. The summed E-state index contributed by atoms with van der Waals surface area (Å²) >= 11 is 0. The number of esters is 2. The highest BCUT2D eigenvalue weighted by atomic mass is 16.6. The van der Waals surface area contributed by atoms with Crippen LogP contribution in [-0.2, 0) is 19.1 Å². The lowest BCUT2D eigenvalue weighted by atomic mass is 10.1. The zero-order valence-electron chi connectivity index (χ0n) is 26.2. The van der Waals surface area contributed by atoms with E-state index in [-0.39, 0.29) is 37.7 Å². The minimum absolute atomic E-state index is 0.0974. The Morgan fingerprint density at radius 1 is 0.659 bits per heavy atom. The Morgan fingerprint density at radius 3 is 1.78 bits per heavy atom. The Balaban J connectivity index is 3.76. The van der Waals surface area contributed by atoms with Gasteiger partial charge in [-0.3, -0.25) is 9.59 Å². The van der Waals surface area contributed by atoms with Crippen molar-refractivity contribution in [3.63, 3.8) is 0 Å². The number of aliphatic hydroxyl groups excluding tert-OH is 2. The zero-order chi connectivity index (χ0) is 30.2. The molecule has 0 amide bonds. The summed E-state index contributed by atoms with van der Waals surface area (Å²) in [5.74, 6) is -0.685. The number of rotatable bonds is 28. The molecule has 0 aliphatic heterocycles. The molecule has 0 rings (SSSR count). The molecule has 41 heavy (non-hydrogen) atoms. The van der Waals surface area contributed by atoms with Crippen LogP contribution in [-0.4, -0.2) is 47.6 Å². The highest BCUT2D eigenvalue weighted by Gasteiger charge is 2.15.